The summed E-state index contributed by atoms with van der Waals surface area (Å²) in [6.07, 6.45) is 10.8. The Bertz CT molecular complexity index is 1370. The average Bonchev–Trinajstić information content (AvgIpc) is 3.39. The van der Waals surface area contributed by atoms with Crippen LogP contribution < -0.4 is 5.73 Å². The molecule has 2 N–H and O–H groups in total. The smallest absolute Gasteiger partial charge is 0.155 e. The SMILES string of the molecule is Cc1c(-c2cc(Sc3ncccc3F)c3c(C#N)cnn3c2)cnn1C1CCC(C)(N)CC1. The third-order valence-electron chi connectivity index (χ3n) is 6.43. The van der Waals surface area contributed by atoms with Gasteiger partial charge in [0, 0.05) is 39.6 Å². The molecule has 7 nitrogen and oxygen atoms in total. The Morgan fingerprint density at radius 2 is 2.06 bits per heavy atom. The lowest BCUT2D eigenvalue weighted by Crippen LogP contribution is -2.40. The number of rotatable bonds is 4. The number of nitrogens with zero attached hydrogens (tertiary/aromatic N) is 6. The van der Waals surface area contributed by atoms with Gasteiger partial charge in [0.15, 0.2) is 5.82 Å². The maximum atomic E-state index is 14.3. The highest BCUT2D eigenvalue weighted by atomic mass is 32.2. The molecule has 1 fully saturated rings. The van der Waals surface area contributed by atoms with Crippen molar-refractivity contribution in [2.24, 2.45) is 5.73 Å². The molecule has 33 heavy (non-hydrogen) atoms. The number of nitrogens with two attached hydrogens (primary N) is 1. The van der Waals surface area contributed by atoms with Gasteiger partial charge in [-0.2, -0.15) is 15.5 Å². The molecule has 1 saturated carbocycles. The second kappa shape index (κ2) is 8.28. The van der Waals surface area contributed by atoms with E-state index in [9.17, 15) is 9.65 Å². The van der Waals surface area contributed by atoms with Crippen LogP contribution in [-0.4, -0.2) is 29.9 Å². The highest BCUT2D eigenvalue weighted by Gasteiger charge is 2.29. The van der Waals surface area contributed by atoms with Gasteiger partial charge in [-0.1, -0.05) is 11.8 Å². The summed E-state index contributed by atoms with van der Waals surface area (Å²) in [4.78, 5) is 4.88. The fourth-order valence-corrected chi connectivity index (χ4v) is 5.50. The summed E-state index contributed by atoms with van der Waals surface area (Å²) < 4.78 is 18.1. The molecule has 4 aromatic heterocycles. The second-order valence-corrected chi connectivity index (χ2v) is 9.95. The van der Waals surface area contributed by atoms with Crippen LogP contribution in [0.1, 0.15) is 49.9 Å². The Morgan fingerprint density at radius 1 is 1.27 bits per heavy atom. The molecule has 0 aliphatic heterocycles. The zero-order valence-corrected chi connectivity index (χ0v) is 19.3. The minimum Gasteiger partial charge on any atom is -0.325 e. The van der Waals surface area contributed by atoms with E-state index in [1.165, 1.54) is 24.0 Å². The Morgan fingerprint density at radius 3 is 2.79 bits per heavy atom. The zero-order chi connectivity index (χ0) is 23.2. The molecule has 0 atom stereocenters. The maximum Gasteiger partial charge on any atom is 0.155 e. The molecule has 4 aromatic rings. The minimum absolute atomic E-state index is 0.100. The molecule has 5 rings (SSSR count). The predicted molar refractivity (Wildman–Crippen MR) is 124 cm³/mol. The quantitative estimate of drug-likeness (QED) is 0.464. The molecule has 0 saturated heterocycles. The summed E-state index contributed by atoms with van der Waals surface area (Å²) in [5.74, 6) is -0.405. The number of halogens is 1. The topological polar surface area (TPSA) is 97.8 Å². The van der Waals surface area contributed by atoms with E-state index in [4.69, 9.17) is 10.8 Å². The maximum absolute atomic E-state index is 14.3. The fourth-order valence-electron chi connectivity index (χ4n) is 4.52. The molecule has 9 heteroatoms. The number of fused-ring (bicyclic) bond motifs is 1. The third-order valence-corrected chi connectivity index (χ3v) is 7.45. The van der Waals surface area contributed by atoms with E-state index in [-0.39, 0.29) is 10.6 Å². The van der Waals surface area contributed by atoms with Crippen molar-refractivity contribution in [1.29, 1.82) is 5.26 Å². The van der Waals surface area contributed by atoms with Crippen molar-refractivity contribution in [2.45, 2.75) is 61.0 Å². The van der Waals surface area contributed by atoms with Crippen molar-refractivity contribution in [3.05, 3.63) is 60.1 Å². The van der Waals surface area contributed by atoms with E-state index in [2.05, 4.69) is 34.7 Å². The molecule has 0 bridgehead atoms. The predicted octanol–water partition coefficient (Wildman–Crippen LogP) is 4.90. The molecule has 0 unspecified atom stereocenters. The first-order chi connectivity index (χ1) is 15.9. The average molecular weight is 462 g/mol. The summed E-state index contributed by atoms with van der Waals surface area (Å²) in [6, 6.07) is 7.40. The van der Waals surface area contributed by atoms with Crippen LogP contribution >= 0.6 is 11.8 Å². The van der Waals surface area contributed by atoms with E-state index in [1.54, 1.807) is 16.8 Å². The molecule has 1 aliphatic rings. The first-order valence-electron chi connectivity index (χ1n) is 10.9. The number of aromatic nitrogens is 5. The van der Waals surface area contributed by atoms with Gasteiger partial charge in [0.2, 0.25) is 0 Å². The van der Waals surface area contributed by atoms with Gasteiger partial charge in [-0.25, -0.2) is 13.9 Å². The van der Waals surface area contributed by atoms with Gasteiger partial charge >= 0.3 is 0 Å². The molecule has 1 aliphatic carbocycles. The highest BCUT2D eigenvalue weighted by Crippen LogP contribution is 2.38. The molecule has 0 radical (unpaired) electrons. The van der Waals surface area contributed by atoms with Gasteiger partial charge in [0.1, 0.15) is 11.1 Å². The first kappa shape index (κ1) is 21.6. The normalized spacial score (nSPS) is 20.8. The number of hydrogen-bond donors (Lipinski definition) is 1. The fraction of sp³-hybridized carbons (Fsp3) is 0.333. The summed E-state index contributed by atoms with van der Waals surface area (Å²) >= 11 is 1.19. The molecule has 0 spiro atoms. The van der Waals surface area contributed by atoms with Crippen molar-refractivity contribution >= 4 is 17.3 Å². The van der Waals surface area contributed by atoms with E-state index in [1.807, 2.05) is 18.5 Å². The van der Waals surface area contributed by atoms with Crippen LogP contribution in [0.5, 0.6) is 0 Å². The van der Waals surface area contributed by atoms with Crippen LogP contribution in [0.3, 0.4) is 0 Å². The van der Waals surface area contributed by atoms with Gasteiger partial charge in [-0.3, -0.25) is 4.68 Å². The van der Waals surface area contributed by atoms with Gasteiger partial charge in [-0.05, 0) is 57.7 Å². The van der Waals surface area contributed by atoms with Gasteiger partial charge in [-0.15, -0.1) is 0 Å². The van der Waals surface area contributed by atoms with E-state index in [0.29, 0.717) is 22.0 Å². The lowest BCUT2D eigenvalue weighted by molar-refractivity contribution is 0.238. The van der Waals surface area contributed by atoms with Crippen molar-refractivity contribution in [3.63, 3.8) is 0 Å². The minimum atomic E-state index is -0.405. The van der Waals surface area contributed by atoms with Gasteiger partial charge in [0.25, 0.3) is 0 Å². The summed E-state index contributed by atoms with van der Waals surface area (Å²) in [7, 11) is 0. The van der Waals surface area contributed by atoms with Crippen LogP contribution in [0.2, 0.25) is 0 Å². The summed E-state index contributed by atoms with van der Waals surface area (Å²) in [5.41, 5.74) is 10.2. The number of pyridine rings is 2. The van der Waals surface area contributed by atoms with Gasteiger partial charge in [0.05, 0.1) is 29.5 Å². The van der Waals surface area contributed by atoms with Crippen LogP contribution in [0.4, 0.5) is 4.39 Å². The van der Waals surface area contributed by atoms with Crippen molar-refractivity contribution < 1.29 is 4.39 Å². The Hall–Kier alpha value is -3.22. The van der Waals surface area contributed by atoms with Crippen molar-refractivity contribution in [1.82, 2.24) is 24.4 Å². The molecular formula is C24H24FN7S. The standard InChI is InChI=1S/C24H24FN7S/c1-15-19(13-30-32(15)18-5-7-24(2,27)8-6-18)16-10-21(33-23-20(25)4-3-9-28-23)22-17(11-26)12-29-31(22)14-16/h3-4,9-10,12-14,18H,5-8,27H2,1-2H3. The lowest BCUT2D eigenvalue weighted by atomic mass is 9.81. The summed E-state index contributed by atoms with van der Waals surface area (Å²) in [5, 5.41) is 18.9. The van der Waals surface area contributed by atoms with Gasteiger partial charge < -0.3 is 5.73 Å². The number of hydrogen-bond acceptors (Lipinski definition) is 6. The first-order valence-corrected chi connectivity index (χ1v) is 11.7. The number of nitriles is 1. The molecule has 4 heterocycles. The van der Waals surface area contributed by atoms with Crippen molar-refractivity contribution in [3.8, 4) is 17.2 Å². The second-order valence-electron chi connectivity index (χ2n) is 8.92. The molecule has 0 amide bonds. The molecule has 168 valence electrons. The Labute approximate surface area is 195 Å². The lowest BCUT2D eigenvalue weighted by Gasteiger charge is -2.34. The largest absolute Gasteiger partial charge is 0.325 e. The Balaban J connectivity index is 1.57. The molecular weight excluding hydrogens is 437 g/mol. The third kappa shape index (κ3) is 4.01. The van der Waals surface area contributed by atoms with E-state index >= 15 is 0 Å². The van der Waals surface area contributed by atoms with Crippen LogP contribution in [0.15, 0.2) is 52.9 Å². The highest BCUT2D eigenvalue weighted by molar-refractivity contribution is 7.99. The van der Waals surface area contributed by atoms with Crippen LogP contribution in [0, 0.1) is 24.1 Å². The van der Waals surface area contributed by atoms with E-state index in [0.717, 1.165) is 42.5 Å². The summed E-state index contributed by atoms with van der Waals surface area (Å²) in [6.45, 7) is 4.18. The zero-order valence-electron chi connectivity index (χ0n) is 18.5. The van der Waals surface area contributed by atoms with Crippen LogP contribution in [0.25, 0.3) is 16.6 Å². The van der Waals surface area contributed by atoms with Crippen LogP contribution in [-0.2, 0) is 0 Å². The van der Waals surface area contributed by atoms with Crippen molar-refractivity contribution in [2.75, 3.05) is 0 Å². The Kier molecular flexibility index (Phi) is 5.43. The van der Waals surface area contributed by atoms with E-state index < -0.39 is 5.82 Å². The monoisotopic (exact) mass is 461 g/mol. The molecule has 0 aromatic carbocycles.